The van der Waals surface area contributed by atoms with E-state index in [0.717, 1.165) is 30.8 Å². The molecule has 0 bridgehead atoms. The van der Waals surface area contributed by atoms with E-state index in [1.54, 1.807) is 10.9 Å². The zero-order valence-corrected chi connectivity index (χ0v) is 17.7. The fraction of sp³-hybridized carbons (Fsp3) is 0.273. The predicted molar refractivity (Wildman–Crippen MR) is 119 cm³/mol. The molecule has 7 heteroatoms. The van der Waals surface area contributed by atoms with Crippen LogP contribution >= 0.6 is 24.0 Å². The maximum absolute atomic E-state index is 13.2. The molecule has 5 nitrogen and oxygen atoms in total. The Hall–Kier alpha value is -2.34. The largest absolute Gasteiger partial charge is 0.349 e. The van der Waals surface area contributed by atoms with E-state index in [1.807, 2.05) is 54.6 Å². The summed E-state index contributed by atoms with van der Waals surface area (Å²) in [6, 6.07) is 17.4. The Morgan fingerprint density at radius 2 is 1.90 bits per heavy atom. The van der Waals surface area contributed by atoms with Crippen molar-refractivity contribution in [1.82, 2.24) is 20.4 Å². The first-order valence-electron chi connectivity index (χ1n) is 9.54. The van der Waals surface area contributed by atoms with Crippen LogP contribution in [0, 0.1) is 5.92 Å². The Balaban J connectivity index is 0.00000240. The highest BCUT2D eigenvalue weighted by Crippen LogP contribution is 2.26. The number of amides is 1. The summed E-state index contributed by atoms with van der Waals surface area (Å²) in [6.45, 7) is 3.99. The van der Waals surface area contributed by atoms with Crippen molar-refractivity contribution in [2.45, 2.75) is 19.4 Å². The third-order valence-corrected chi connectivity index (χ3v) is 5.45. The molecule has 1 saturated heterocycles. The number of aromatic nitrogens is 2. The molecule has 0 saturated carbocycles. The molecule has 1 aliphatic rings. The minimum Gasteiger partial charge on any atom is -0.349 e. The van der Waals surface area contributed by atoms with Gasteiger partial charge in [-0.25, -0.2) is 4.68 Å². The van der Waals surface area contributed by atoms with Gasteiger partial charge in [0.05, 0.1) is 11.3 Å². The quantitative estimate of drug-likeness (QED) is 0.646. The summed E-state index contributed by atoms with van der Waals surface area (Å²) in [5.41, 5.74) is 2.99. The van der Waals surface area contributed by atoms with Crippen molar-refractivity contribution in [3.8, 4) is 16.9 Å². The topological polar surface area (TPSA) is 58.9 Å². The zero-order chi connectivity index (χ0) is 19.5. The maximum atomic E-state index is 13.2. The Labute approximate surface area is 181 Å². The van der Waals surface area contributed by atoms with Gasteiger partial charge in [-0.3, -0.25) is 4.79 Å². The first-order valence-corrected chi connectivity index (χ1v) is 9.92. The van der Waals surface area contributed by atoms with Gasteiger partial charge in [-0.15, -0.1) is 12.4 Å². The SMILES string of the molecule is CC1CNCCC1NC(=O)c1cn(-c2ccccc2)nc1-c1ccc(Cl)cc1.Cl. The third kappa shape index (κ3) is 4.81. The van der Waals surface area contributed by atoms with Gasteiger partial charge < -0.3 is 10.6 Å². The molecule has 0 spiro atoms. The van der Waals surface area contributed by atoms with Gasteiger partial charge in [-0.1, -0.05) is 48.9 Å². The van der Waals surface area contributed by atoms with Crippen molar-refractivity contribution in [1.29, 1.82) is 0 Å². The van der Waals surface area contributed by atoms with Gasteiger partial charge in [-0.2, -0.15) is 5.10 Å². The minimum atomic E-state index is -0.0918. The van der Waals surface area contributed by atoms with Gasteiger partial charge in [-0.05, 0) is 49.7 Å². The molecule has 0 radical (unpaired) electrons. The number of nitrogens with zero attached hydrogens (tertiary/aromatic N) is 2. The van der Waals surface area contributed by atoms with Crippen LogP contribution < -0.4 is 10.6 Å². The third-order valence-electron chi connectivity index (χ3n) is 5.20. The van der Waals surface area contributed by atoms with Crippen LogP contribution in [0.2, 0.25) is 5.02 Å². The van der Waals surface area contributed by atoms with Crippen LogP contribution in [-0.2, 0) is 0 Å². The van der Waals surface area contributed by atoms with E-state index in [4.69, 9.17) is 16.7 Å². The Morgan fingerprint density at radius 1 is 1.17 bits per heavy atom. The second-order valence-corrected chi connectivity index (χ2v) is 7.66. The number of hydrogen-bond donors (Lipinski definition) is 2. The Kier molecular flexibility index (Phi) is 6.96. The molecule has 152 valence electrons. The van der Waals surface area contributed by atoms with E-state index < -0.39 is 0 Å². The highest BCUT2D eigenvalue weighted by molar-refractivity contribution is 6.30. The molecule has 2 N–H and O–H groups in total. The van der Waals surface area contributed by atoms with E-state index in [-0.39, 0.29) is 24.4 Å². The van der Waals surface area contributed by atoms with Crippen LogP contribution in [-0.4, -0.2) is 34.8 Å². The zero-order valence-electron chi connectivity index (χ0n) is 16.1. The summed E-state index contributed by atoms with van der Waals surface area (Å²) in [7, 11) is 0. The van der Waals surface area contributed by atoms with Crippen LogP contribution in [0.25, 0.3) is 16.9 Å². The van der Waals surface area contributed by atoms with E-state index in [1.165, 1.54) is 0 Å². The Morgan fingerprint density at radius 3 is 2.59 bits per heavy atom. The van der Waals surface area contributed by atoms with Gasteiger partial charge in [0.1, 0.15) is 5.69 Å². The number of halogens is 2. The standard InChI is InChI=1S/C22H23ClN4O.ClH/c1-15-13-24-12-11-20(15)25-22(28)19-14-27(18-5-3-2-4-6-18)26-21(19)16-7-9-17(23)10-8-16;/h2-10,14-15,20,24H,11-13H2,1H3,(H,25,28);1H. The van der Waals surface area contributed by atoms with Crippen molar-refractivity contribution in [3.63, 3.8) is 0 Å². The van der Waals surface area contributed by atoms with Gasteiger partial charge in [0.2, 0.25) is 0 Å². The van der Waals surface area contributed by atoms with E-state index >= 15 is 0 Å². The van der Waals surface area contributed by atoms with Crippen molar-refractivity contribution in [2.24, 2.45) is 5.92 Å². The summed E-state index contributed by atoms with van der Waals surface area (Å²) < 4.78 is 1.75. The molecule has 29 heavy (non-hydrogen) atoms. The first kappa shape index (κ1) is 21.4. The lowest BCUT2D eigenvalue weighted by Crippen LogP contribution is -2.48. The summed E-state index contributed by atoms with van der Waals surface area (Å²) >= 11 is 6.04. The number of nitrogens with one attached hydrogen (secondary N) is 2. The van der Waals surface area contributed by atoms with Gasteiger partial charge in [0, 0.05) is 22.8 Å². The van der Waals surface area contributed by atoms with Crippen molar-refractivity contribution in [3.05, 3.63) is 71.4 Å². The molecule has 1 aromatic heterocycles. The molecule has 2 unspecified atom stereocenters. The predicted octanol–water partition coefficient (Wildman–Crippen LogP) is 4.34. The molecule has 3 aromatic rings. The molecule has 0 aliphatic carbocycles. The van der Waals surface area contributed by atoms with Crippen molar-refractivity contribution in [2.75, 3.05) is 13.1 Å². The average molecular weight is 431 g/mol. The van der Waals surface area contributed by atoms with Gasteiger partial charge >= 0.3 is 0 Å². The van der Waals surface area contributed by atoms with E-state index in [9.17, 15) is 4.79 Å². The maximum Gasteiger partial charge on any atom is 0.255 e. The van der Waals surface area contributed by atoms with Crippen LogP contribution in [0.4, 0.5) is 0 Å². The summed E-state index contributed by atoms with van der Waals surface area (Å²) in [5, 5.41) is 11.9. The van der Waals surface area contributed by atoms with Crippen LogP contribution in [0.1, 0.15) is 23.7 Å². The van der Waals surface area contributed by atoms with Crippen molar-refractivity contribution >= 4 is 29.9 Å². The summed E-state index contributed by atoms with van der Waals surface area (Å²) in [4.78, 5) is 13.2. The molecular weight excluding hydrogens is 407 g/mol. The lowest BCUT2D eigenvalue weighted by atomic mass is 9.95. The first-order chi connectivity index (χ1) is 13.6. The van der Waals surface area contributed by atoms with Crippen LogP contribution in [0.15, 0.2) is 60.8 Å². The lowest BCUT2D eigenvalue weighted by Gasteiger charge is -2.30. The van der Waals surface area contributed by atoms with E-state index in [2.05, 4.69) is 17.6 Å². The number of para-hydroxylation sites is 1. The fourth-order valence-electron chi connectivity index (χ4n) is 3.55. The lowest BCUT2D eigenvalue weighted by molar-refractivity contribution is 0.0915. The number of rotatable bonds is 4. The Bertz CT molecular complexity index is 957. The molecule has 4 rings (SSSR count). The highest BCUT2D eigenvalue weighted by atomic mass is 35.5. The number of carbonyl (C=O) groups excluding carboxylic acids is 1. The van der Waals surface area contributed by atoms with Crippen LogP contribution in [0.3, 0.4) is 0 Å². The monoisotopic (exact) mass is 430 g/mol. The molecule has 1 fully saturated rings. The molecule has 2 heterocycles. The molecule has 2 aromatic carbocycles. The second-order valence-electron chi connectivity index (χ2n) is 7.23. The molecule has 1 aliphatic heterocycles. The summed E-state index contributed by atoms with van der Waals surface area (Å²) in [6.07, 6.45) is 2.73. The van der Waals surface area contributed by atoms with Crippen molar-refractivity contribution < 1.29 is 4.79 Å². The fourth-order valence-corrected chi connectivity index (χ4v) is 3.67. The molecular formula is C22H24Cl2N4O. The van der Waals surface area contributed by atoms with Gasteiger partial charge in [0.15, 0.2) is 0 Å². The van der Waals surface area contributed by atoms with E-state index in [0.29, 0.717) is 22.2 Å². The normalized spacial score (nSPS) is 18.7. The minimum absolute atomic E-state index is 0. The number of piperidine rings is 1. The average Bonchev–Trinajstić information content (AvgIpc) is 3.16. The molecule has 2 atom stereocenters. The van der Waals surface area contributed by atoms with Crippen LogP contribution in [0.5, 0.6) is 0 Å². The van der Waals surface area contributed by atoms with Gasteiger partial charge in [0.25, 0.3) is 5.91 Å². The number of hydrogen-bond acceptors (Lipinski definition) is 3. The smallest absolute Gasteiger partial charge is 0.255 e. The number of carbonyl (C=O) groups is 1. The second kappa shape index (κ2) is 9.44. The number of benzene rings is 2. The molecule has 1 amide bonds. The highest BCUT2D eigenvalue weighted by Gasteiger charge is 2.26. The summed E-state index contributed by atoms with van der Waals surface area (Å²) in [5.74, 6) is 0.298.